The van der Waals surface area contributed by atoms with E-state index in [1.807, 2.05) is 6.92 Å². The number of rotatable bonds is 44. The zero-order valence-corrected chi connectivity index (χ0v) is 77.9. The lowest BCUT2D eigenvalue weighted by atomic mass is 10.2. The second-order valence-electron chi connectivity index (χ2n) is 33.7. The van der Waals surface area contributed by atoms with Crippen molar-refractivity contribution >= 4 is 141 Å². The molecule has 0 amide bonds. The van der Waals surface area contributed by atoms with Crippen LogP contribution in [0.2, 0.25) is 258 Å². The summed E-state index contributed by atoms with van der Waals surface area (Å²) in [4.78, 5) is 13.1. The Morgan fingerprint density at radius 1 is 0.262 bits per heavy atom. The predicted molar refractivity (Wildman–Crippen MR) is 399 cm³/mol. The molecule has 0 atom stereocenters. The average Bonchev–Trinajstić information content (AvgIpc) is 3.17. The lowest BCUT2D eigenvalue weighted by Gasteiger charge is -2.48. The lowest BCUT2D eigenvalue weighted by Crippen LogP contribution is -2.64. The Morgan fingerprint density at radius 3 is 0.690 bits per heavy atom. The Kier molecular flexibility index (Phi) is 37.1. The van der Waals surface area contributed by atoms with Gasteiger partial charge in [0.1, 0.15) is 0 Å². The first-order valence-corrected chi connectivity index (χ1v) is 79.9. The van der Waals surface area contributed by atoms with Crippen molar-refractivity contribution in [3.05, 3.63) is 0 Å². The second-order valence-corrected chi connectivity index (χ2v) is 101. The average molecular weight is 1470 g/mol. The molecule has 0 rings (SSSR count). The van der Waals surface area contributed by atoms with Gasteiger partial charge in [0.05, 0.1) is 6.61 Å². The van der Waals surface area contributed by atoms with Crippen LogP contribution in [0.25, 0.3) is 0 Å². The van der Waals surface area contributed by atoms with Gasteiger partial charge in [-0.1, -0.05) is 26.7 Å². The van der Waals surface area contributed by atoms with Crippen molar-refractivity contribution in [2.75, 3.05) is 19.8 Å². The van der Waals surface area contributed by atoms with Crippen LogP contribution in [0.4, 0.5) is 0 Å². The first-order valence-electron chi connectivity index (χ1n) is 32.1. The minimum atomic E-state index is -3.76. The van der Waals surface area contributed by atoms with Gasteiger partial charge in [-0.2, -0.15) is 0 Å². The molecule has 0 saturated carbocycles. The third-order valence-corrected chi connectivity index (χ3v) is 64.0. The van der Waals surface area contributed by atoms with Crippen molar-refractivity contribution in [3.8, 4) is 0 Å². The van der Waals surface area contributed by atoms with Crippen LogP contribution in [-0.4, -0.2) is 161 Å². The summed E-state index contributed by atoms with van der Waals surface area (Å²) in [5.41, 5.74) is 0. The van der Waals surface area contributed by atoms with Gasteiger partial charge in [0, 0.05) is 43.8 Å². The van der Waals surface area contributed by atoms with Crippen LogP contribution in [0, 0.1) is 0 Å². The van der Waals surface area contributed by atoms with Crippen LogP contribution in [0.1, 0.15) is 59.3 Å². The number of hydrogen-bond acceptors (Lipinski definition) is 15. The highest BCUT2D eigenvalue weighted by atomic mass is 28.5. The van der Waals surface area contributed by atoms with E-state index >= 15 is 0 Å². The maximum atomic E-state index is 13.1. The van der Waals surface area contributed by atoms with Gasteiger partial charge in [-0.15, -0.1) is 0 Å². The minimum Gasteiger partial charge on any atom is -0.466 e. The molecular formula is C53H140O15Si16. The molecule has 0 unspecified atom stereocenters. The van der Waals surface area contributed by atoms with Crippen LogP contribution in [0.15, 0.2) is 0 Å². The molecule has 0 aromatic carbocycles. The van der Waals surface area contributed by atoms with Gasteiger partial charge in [-0.05, 0) is 260 Å². The van der Waals surface area contributed by atoms with E-state index < -0.39 is 135 Å². The maximum absolute atomic E-state index is 13.1. The van der Waals surface area contributed by atoms with Crippen LogP contribution < -0.4 is 0 Å². The van der Waals surface area contributed by atoms with Crippen LogP contribution >= 0.6 is 0 Å². The Balaban J connectivity index is 0. The van der Waals surface area contributed by atoms with Crippen LogP contribution in [0.5, 0.6) is 0 Å². The highest BCUT2D eigenvalue weighted by Crippen LogP contribution is 2.41. The zero-order chi connectivity index (χ0) is 66.8. The highest BCUT2D eigenvalue weighted by Gasteiger charge is 2.58. The molecule has 0 aliphatic rings. The van der Waals surface area contributed by atoms with Crippen molar-refractivity contribution < 1.29 is 63.7 Å². The maximum Gasteiger partial charge on any atom is 0.469 e. The van der Waals surface area contributed by atoms with Crippen molar-refractivity contribution in [1.29, 1.82) is 0 Å². The molecule has 31 heteroatoms. The van der Waals surface area contributed by atoms with Gasteiger partial charge in [-0.3, -0.25) is 4.79 Å². The monoisotopic (exact) mass is 1460 g/mol. The molecule has 0 N–H and O–H groups in total. The molecule has 0 heterocycles. The van der Waals surface area contributed by atoms with Gasteiger partial charge in [0.2, 0.25) is 0 Å². The summed E-state index contributed by atoms with van der Waals surface area (Å²) < 4.78 is 101. The molecular weight excluding hydrogens is 1330 g/mol. The molecule has 0 saturated heterocycles. The molecule has 15 nitrogen and oxygen atoms in total. The van der Waals surface area contributed by atoms with Crippen molar-refractivity contribution in [2.45, 2.75) is 318 Å². The predicted octanol–water partition coefficient (Wildman–Crippen LogP) is 19.0. The Labute approximate surface area is 538 Å². The lowest BCUT2D eigenvalue weighted by molar-refractivity contribution is -0.143. The molecule has 0 aliphatic heterocycles. The molecule has 0 aliphatic carbocycles. The highest BCUT2D eigenvalue weighted by molar-refractivity contribution is 6.95. The van der Waals surface area contributed by atoms with Crippen LogP contribution in [0.3, 0.4) is 0 Å². The molecule has 84 heavy (non-hydrogen) atoms. The Morgan fingerprint density at radius 2 is 0.488 bits per heavy atom. The number of esters is 1. The Bertz CT molecular complexity index is 1560. The largest absolute Gasteiger partial charge is 0.469 e. The standard InChI is InChI=1S/C47H126O14Si16.C6H14O/c1-35-36-38-47(48)49-39-37-40-74(59-71(29,30)41-44-75(50-62(2,3)4,51-63(5,6)7)52-64(8,9)10,60-72(31,32)42-45-76(53-65(11,12)13,54-66(14,15)16)55-67(17,18)19)61-73(33,34)43-46-77(56-68(20,21)22,57-69(23,24)25)58-70(26,27)28;1-3-5-6-7-4-2/h35-46H2,1-34H3;3-6H2,1-2H3. The van der Waals surface area contributed by atoms with E-state index in [0.717, 1.165) is 44.2 Å². The second kappa shape index (κ2) is 35.2. The molecule has 0 radical (unpaired) electrons. The summed E-state index contributed by atoms with van der Waals surface area (Å²) in [5.74, 6) is -0.170. The van der Waals surface area contributed by atoms with Gasteiger partial charge in [0.25, 0.3) is 0 Å². The smallest absolute Gasteiger partial charge is 0.466 e. The fraction of sp³-hybridized carbons (Fsp3) is 0.981. The molecule has 0 bridgehead atoms. The molecule has 0 aromatic rings. The molecule has 0 aromatic heterocycles. The topological polar surface area (TPSA) is 146 Å². The van der Waals surface area contributed by atoms with Gasteiger partial charge in [-0.25, -0.2) is 0 Å². The van der Waals surface area contributed by atoms with Gasteiger partial charge in [0.15, 0.2) is 99.8 Å². The van der Waals surface area contributed by atoms with Crippen LogP contribution in [-0.2, 0) is 63.7 Å². The van der Waals surface area contributed by atoms with E-state index in [4.69, 9.17) is 58.9 Å². The summed E-state index contributed by atoms with van der Waals surface area (Å²) in [7, 11) is -41.3. The number of hydrogen-bond donors (Lipinski definition) is 0. The minimum absolute atomic E-state index is 0.170. The van der Waals surface area contributed by atoms with Crippen molar-refractivity contribution in [1.82, 2.24) is 0 Å². The first kappa shape index (κ1) is 88.5. The van der Waals surface area contributed by atoms with Gasteiger partial charge >= 0.3 is 41.2 Å². The molecule has 506 valence electrons. The van der Waals surface area contributed by atoms with Crippen molar-refractivity contribution in [2.24, 2.45) is 0 Å². The SMILES string of the molecule is CCCCC(=O)OCCC[Si](O[Si](C)(C)CC[Si](O[Si](C)(C)C)(O[Si](C)(C)C)O[Si](C)(C)C)(O[Si](C)(C)CC[Si](O[Si](C)(C)C)(O[Si](C)(C)C)O[Si](C)(C)C)O[Si](C)(C)CC[Si](O[Si](C)(C)C)(O[Si](C)(C)C)O[Si](C)(C)C.CCCCOCC. The summed E-state index contributed by atoms with van der Waals surface area (Å²) in [6, 6.07) is 4.66. The fourth-order valence-corrected chi connectivity index (χ4v) is 76.9. The summed E-state index contributed by atoms with van der Waals surface area (Å²) in [6.07, 6.45) is 5.11. The first-order chi connectivity index (χ1) is 37.0. The third kappa shape index (κ3) is 47.3. The van der Waals surface area contributed by atoms with E-state index in [1.54, 1.807) is 0 Å². The van der Waals surface area contributed by atoms with E-state index in [-0.39, 0.29) is 12.6 Å². The number of ether oxygens (including phenoxy) is 2. The fourth-order valence-electron chi connectivity index (χ4n) is 9.10. The zero-order valence-electron chi connectivity index (χ0n) is 61.9. The normalized spacial score (nSPS) is 14.9. The summed E-state index contributed by atoms with van der Waals surface area (Å²) in [5, 5.41) is 0. The van der Waals surface area contributed by atoms with Gasteiger partial charge < -0.3 is 58.9 Å². The summed E-state index contributed by atoms with van der Waals surface area (Å²) >= 11 is 0. The summed E-state index contributed by atoms with van der Waals surface area (Å²) in [6.45, 7) is 82.9. The van der Waals surface area contributed by atoms with E-state index in [2.05, 4.69) is 230 Å². The number of carbonyl (C=O) groups excluding carboxylic acids is 1. The number of carbonyl (C=O) groups is 1. The third-order valence-electron chi connectivity index (χ3n) is 11.0. The Hall–Kier alpha value is 2.42. The quantitative estimate of drug-likeness (QED) is 0.0324. The van der Waals surface area contributed by atoms with Crippen molar-refractivity contribution in [3.63, 3.8) is 0 Å². The van der Waals surface area contributed by atoms with E-state index in [9.17, 15) is 4.79 Å². The molecule has 0 spiro atoms. The number of unbranched alkanes of at least 4 members (excludes halogenated alkanes) is 2. The van der Waals surface area contributed by atoms with E-state index in [0.29, 0.717) is 37.0 Å². The molecule has 0 fully saturated rings. The van der Waals surface area contributed by atoms with E-state index in [1.165, 1.54) is 12.8 Å².